The molecular weight excluding hydrogens is 432 g/mol. The SMILES string of the molecule is Cc1ccccc1C(=O)CC(C)(Br)C(=O)c1ccc(Sc2ccccc2)cc1. The molecule has 4 heteroatoms. The standard InChI is InChI=1S/C24H21BrO2S/c1-17-8-6-7-11-21(17)22(26)16-24(2,25)23(27)18-12-14-20(15-13-18)28-19-9-4-3-5-10-19/h3-15H,16H2,1-2H3. The van der Waals surface area contributed by atoms with Gasteiger partial charge in [0.05, 0.1) is 4.32 Å². The minimum absolute atomic E-state index is 0.0397. The molecule has 3 aromatic carbocycles. The van der Waals surface area contributed by atoms with Crippen molar-refractivity contribution < 1.29 is 9.59 Å². The Morgan fingerprint density at radius 1 is 0.857 bits per heavy atom. The molecule has 0 fully saturated rings. The van der Waals surface area contributed by atoms with E-state index in [2.05, 4.69) is 28.1 Å². The van der Waals surface area contributed by atoms with Crippen LogP contribution in [0.5, 0.6) is 0 Å². The third-order valence-corrected chi connectivity index (χ3v) is 6.16. The molecule has 0 aliphatic carbocycles. The maximum Gasteiger partial charge on any atom is 0.179 e. The first kappa shape index (κ1) is 20.6. The molecule has 1 atom stereocenters. The first-order chi connectivity index (χ1) is 13.4. The van der Waals surface area contributed by atoms with Crippen LogP contribution in [0.4, 0.5) is 0 Å². The Morgan fingerprint density at radius 2 is 1.43 bits per heavy atom. The van der Waals surface area contributed by atoms with Gasteiger partial charge < -0.3 is 0 Å². The number of hydrogen-bond donors (Lipinski definition) is 0. The van der Waals surface area contributed by atoms with Crippen LogP contribution >= 0.6 is 27.7 Å². The molecule has 2 nitrogen and oxygen atoms in total. The average Bonchev–Trinajstić information content (AvgIpc) is 2.69. The molecule has 0 heterocycles. The van der Waals surface area contributed by atoms with E-state index in [0.717, 1.165) is 15.4 Å². The fourth-order valence-electron chi connectivity index (χ4n) is 2.96. The van der Waals surface area contributed by atoms with E-state index in [1.165, 1.54) is 0 Å². The van der Waals surface area contributed by atoms with Crippen molar-refractivity contribution in [1.29, 1.82) is 0 Å². The topological polar surface area (TPSA) is 34.1 Å². The highest BCUT2D eigenvalue weighted by Gasteiger charge is 2.34. The Labute approximate surface area is 178 Å². The molecule has 0 bridgehead atoms. The van der Waals surface area contributed by atoms with Gasteiger partial charge in [0.2, 0.25) is 0 Å². The summed E-state index contributed by atoms with van der Waals surface area (Å²) in [4.78, 5) is 27.9. The average molecular weight is 453 g/mol. The Balaban J connectivity index is 1.71. The summed E-state index contributed by atoms with van der Waals surface area (Å²) in [6, 6.07) is 25.1. The quantitative estimate of drug-likeness (QED) is 0.293. The van der Waals surface area contributed by atoms with Gasteiger partial charge in [0.25, 0.3) is 0 Å². The number of rotatable bonds is 7. The van der Waals surface area contributed by atoms with E-state index in [9.17, 15) is 9.59 Å². The molecule has 0 radical (unpaired) electrons. The highest BCUT2D eigenvalue weighted by Crippen LogP contribution is 2.31. The van der Waals surface area contributed by atoms with Crippen molar-refractivity contribution in [2.45, 2.75) is 34.4 Å². The highest BCUT2D eigenvalue weighted by molar-refractivity contribution is 9.10. The van der Waals surface area contributed by atoms with E-state index in [1.54, 1.807) is 24.8 Å². The van der Waals surface area contributed by atoms with Crippen LogP contribution in [0, 0.1) is 6.92 Å². The van der Waals surface area contributed by atoms with Crippen LogP contribution < -0.4 is 0 Å². The zero-order valence-corrected chi connectivity index (χ0v) is 18.2. The second-order valence-corrected chi connectivity index (χ2v) is 9.78. The van der Waals surface area contributed by atoms with Crippen molar-refractivity contribution in [3.63, 3.8) is 0 Å². The van der Waals surface area contributed by atoms with E-state index in [-0.39, 0.29) is 18.0 Å². The molecule has 0 spiro atoms. The van der Waals surface area contributed by atoms with Crippen LogP contribution in [-0.4, -0.2) is 15.9 Å². The van der Waals surface area contributed by atoms with Gasteiger partial charge >= 0.3 is 0 Å². The van der Waals surface area contributed by atoms with Crippen molar-refractivity contribution >= 4 is 39.3 Å². The number of Topliss-reactive ketones (excluding diaryl/α,β-unsaturated/α-hetero) is 2. The number of benzene rings is 3. The van der Waals surface area contributed by atoms with Crippen molar-refractivity contribution in [2.24, 2.45) is 0 Å². The van der Waals surface area contributed by atoms with Gasteiger partial charge in [0.1, 0.15) is 0 Å². The number of carbonyl (C=O) groups is 2. The molecule has 3 rings (SSSR count). The molecule has 1 unspecified atom stereocenters. The Kier molecular flexibility index (Phi) is 6.53. The summed E-state index contributed by atoms with van der Waals surface area (Å²) in [6.07, 6.45) is 0.108. The second-order valence-electron chi connectivity index (χ2n) is 6.88. The van der Waals surface area contributed by atoms with Crippen LogP contribution in [0.2, 0.25) is 0 Å². The van der Waals surface area contributed by atoms with Crippen molar-refractivity contribution in [1.82, 2.24) is 0 Å². The maximum atomic E-state index is 13.0. The fraction of sp³-hybridized carbons (Fsp3) is 0.167. The Morgan fingerprint density at radius 3 is 2.07 bits per heavy atom. The summed E-state index contributed by atoms with van der Waals surface area (Å²) >= 11 is 5.15. The number of aryl methyl sites for hydroxylation is 1. The summed E-state index contributed by atoms with van der Waals surface area (Å²) in [6.45, 7) is 3.67. The zero-order chi connectivity index (χ0) is 20.1. The second kappa shape index (κ2) is 8.89. The van der Waals surface area contributed by atoms with E-state index < -0.39 is 4.32 Å². The van der Waals surface area contributed by atoms with Gasteiger partial charge in [0.15, 0.2) is 11.6 Å². The predicted octanol–water partition coefficient (Wildman–Crippen LogP) is 6.76. The van der Waals surface area contributed by atoms with Crippen LogP contribution in [-0.2, 0) is 0 Å². The van der Waals surface area contributed by atoms with E-state index in [4.69, 9.17) is 0 Å². The molecule has 0 N–H and O–H groups in total. The Bertz CT molecular complexity index is 979. The van der Waals surface area contributed by atoms with Gasteiger partial charge in [0, 0.05) is 27.3 Å². The lowest BCUT2D eigenvalue weighted by molar-refractivity contribution is 0.0888. The zero-order valence-electron chi connectivity index (χ0n) is 15.8. The number of alkyl halides is 1. The molecule has 0 saturated heterocycles. The first-order valence-electron chi connectivity index (χ1n) is 9.02. The van der Waals surface area contributed by atoms with Crippen molar-refractivity contribution in [3.05, 3.63) is 95.6 Å². The van der Waals surface area contributed by atoms with Gasteiger partial charge in [-0.15, -0.1) is 0 Å². The molecule has 0 aliphatic heterocycles. The summed E-state index contributed by atoms with van der Waals surface area (Å²) in [5.41, 5.74) is 2.18. The third-order valence-electron chi connectivity index (χ3n) is 4.51. The van der Waals surface area contributed by atoms with E-state index in [1.807, 2.05) is 67.6 Å². The lowest BCUT2D eigenvalue weighted by atomic mass is 9.91. The summed E-state index contributed by atoms with van der Waals surface area (Å²) in [7, 11) is 0. The monoisotopic (exact) mass is 452 g/mol. The molecule has 142 valence electrons. The van der Waals surface area contributed by atoms with Crippen molar-refractivity contribution in [2.75, 3.05) is 0 Å². The largest absolute Gasteiger partial charge is 0.294 e. The number of halogens is 1. The highest BCUT2D eigenvalue weighted by atomic mass is 79.9. The smallest absolute Gasteiger partial charge is 0.179 e. The van der Waals surface area contributed by atoms with Gasteiger partial charge in [-0.1, -0.05) is 82.3 Å². The molecule has 28 heavy (non-hydrogen) atoms. The first-order valence-corrected chi connectivity index (χ1v) is 10.6. The number of carbonyl (C=O) groups excluding carboxylic acids is 2. The summed E-state index contributed by atoms with van der Waals surface area (Å²) in [5.74, 6) is -0.132. The minimum atomic E-state index is -0.944. The number of ketones is 2. The van der Waals surface area contributed by atoms with E-state index in [0.29, 0.717) is 11.1 Å². The minimum Gasteiger partial charge on any atom is -0.294 e. The van der Waals surface area contributed by atoms with Crippen LogP contribution in [0.1, 0.15) is 39.6 Å². The molecule has 0 saturated carbocycles. The predicted molar refractivity (Wildman–Crippen MR) is 119 cm³/mol. The maximum absolute atomic E-state index is 13.0. The van der Waals surface area contributed by atoms with Gasteiger partial charge in [-0.05, 0) is 43.7 Å². The van der Waals surface area contributed by atoms with E-state index >= 15 is 0 Å². The van der Waals surface area contributed by atoms with Crippen molar-refractivity contribution in [3.8, 4) is 0 Å². The van der Waals surface area contributed by atoms with Crippen LogP contribution in [0.3, 0.4) is 0 Å². The lowest BCUT2D eigenvalue weighted by Gasteiger charge is -2.21. The lowest BCUT2D eigenvalue weighted by Crippen LogP contribution is -2.31. The molecule has 3 aromatic rings. The summed E-state index contributed by atoms with van der Waals surface area (Å²) in [5, 5.41) is 0. The number of hydrogen-bond acceptors (Lipinski definition) is 3. The van der Waals surface area contributed by atoms with Crippen LogP contribution in [0.15, 0.2) is 88.7 Å². The Hall–Kier alpha value is -2.17. The third kappa shape index (κ3) is 5.00. The van der Waals surface area contributed by atoms with Gasteiger partial charge in [-0.3, -0.25) is 9.59 Å². The van der Waals surface area contributed by atoms with Gasteiger partial charge in [-0.2, -0.15) is 0 Å². The molecule has 0 aromatic heterocycles. The van der Waals surface area contributed by atoms with Crippen LogP contribution in [0.25, 0.3) is 0 Å². The molecule has 0 aliphatic rings. The summed E-state index contributed by atoms with van der Waals surface area (Å²) < 4.78 is -0.944. The normalized spacial score (nSPS) is 13.0. The molecule has 0 amide bonds. The fourth-order valence-corrected chi connectivity index (χ4v) is 4.28. The molecular formula is C24H21BrO2S. The van der Waals surface area contributed by atoms with Gasteiger partial charge in [-0.25, -0.2) is 0 Å².